The Labute approximate surface area is 149 Å². The summed E-state index contributed by atoms with van der Waals surface area (Å²) in [6.45, 7) is 2.54. The summed E-state index contributed by atoms with van der Waals surface area (Å²) in [6, 6.07) is 7.31. The molecule has 0 fully saturated rings. The number of hydrogen-bond donors (Lipinski definition) is 2. The normalized spacial score (nSPS) is 14.2. The molecule has 1 heterocycles. The van der Waals surface area contributed by atoms with Gasteiger partial charge in [-0.05, 0) is 42.3 Å². The number of hydrogen-bond acceptors (Lipinski definition) is 4. The SMILES string of the molecule is Cc1cc(C(NC(=O)c2ccc3c(c2)OCCCO3)C(=O)O)ccc1F. The van der Waals surface area contributed by atoms with Crippen LogP contribution >= 0.6 is 0 Å². The van der Waals surface area contributed by atoms with Gasteiger partial charge in [0.15, 0.2) is 17.5 Å². The van der Waals surface area contributed by atoms with E-state index in [1.807, 2.05) is 0 Å². The number of nitrogens with one attached hydrogen (secondary N) is 1. The van der Waals surface area contributed by atoms with Gasteiger partial charge in [-0.25, -0.2) is 9.18 Å². The topological polar surface area (TPSA) is 84.9 Å². The average molecular weight is 359 g/mol. The van der Waals surface area contributed by atoms with Gasteiger partial charge in [-0.1, -0.05) is 12.1 Å². The molecule has 0 aliphatic carbocycles. The number of carbonyl (C=O) groups excluding carboxylic acids is 1. The molecule has 0 bridgehead atoms. The van der Waals surface area contributed by atoms with Crippen LogP contribution in [-0.4, -0.2) is 30.2 Å². The number of amides is 1. The van der Waals surface area contributed by atoms with E-state index in [4.69, 9.17) is 9.47 Å². The fraction of sp³-hybridized carbons (Fsp3) is 0.263. The highest BCUT2D eigenvalue weighted by atomic mass is 19.1. The van der Waals surface area contributed by atoms with Crippen molar-refractivity contribution in [2.24, 2.45) is 0 Å². The monoisotopic (exact) mass is 359 g/mol. The number of fused-ring (bicyclic) bond motifs is 1. The molecule has 136 valence electrons. The largest absolute Gasteiger partial charge is 0.490 e. The number of rotatable bonds is 4. The van der Waals surface area contributed by atoms with Crippen molar-refractivity contribution in [2.75, 3.05) is 13.2 Å². The van der Waals surface area contributed by atoms with E-state index >= 15 is 0 Å². The third kappa shape index (κ3) is 3.77. The molecule has 1 aliphatic rings. The van der Waals surface area contributed by atoms with Gasteiger partial charge in [-0.3, -0.25) is 4.79 Å². The molecule has 26 heavy (non-hydrogen) atoms. The van der Waals surface area contributed by atoms with Crippen LogP contribution < -0.4 is 14.8 Å². The number of halogens is 1. The fourth-order valence-corrected chi connectivity index (χ4v) is 2.65. The summed E-state index contributed by atoms with van der Waals surface area (Å²) in [5.41, 5.74) is 0.844. The van der Waals surface area contributed by atoms with Crippen molar-refractivity contribution < 1.29 is 28.6 Å². The summed E-state index contributed by atoms with van der Waals surface area (Å²) in [6.07, 6.45) is 0.737. The van der Waals surface area contributed by atoms with Crippen LogP contribution in [0.1, 0.15) is 33.9 Å². The van der Waals surface area contributed by atoms with Gasteiger partial charge >= 0.3 is 5.97 Å². The van der Waals surface area contributed by atoms with Gasteiger partial charge in [0.2, 0.25) is 0 Å². The van der Waals surface area contributed by atoms with Crippen LogP contribution in [-0.2, 0) is 4.79 Å². The summed E-state index contributed by atoms with van der Waals surface area (Å²) in [5.74, 6) is -1.26. The lowest BCUT2D eigenvalue weighted by molar-refractivity contribution is -0.139. The number of carboxylic acid groups (broad SMARTS) is 1. The van der Waals surface area contributed by atoms with Gasteiger partial charge in [0, 0.05) is 12.0 Å². The Morgan fingerprint density at radius 1 is 1.12 bits per heavy atom. The molecule has 2 aromatic carbocycles. The van der Waals surface area contributed by atoms with E-state index in [0.717, 1.165) is 6.42 Å². The third-order valence-corrected chi connectivity index (χ3v) is 4.05. The molecule has 1 amide bonds. The standard InChI is InChI=1S/C19H18FNO5/c1-11-9-12(3-5-14(11)20)17(19(23)24)21-18(22)13-4-6-15-16(10-13)26-8-2-7-25-15/h3-6,9-10,17H,2,7-8H2,1H3,(H,21,22)(H,23,24). The van der Waals surface area contributed by atoms with Crippen molar-refractivity contribution in [3.05, 3.63) is 58.9 Å². The van der Waals surface area contributed by atoms with E-state index in [0.29, 0.717) is 35.8 Å². The maximum atomic E-state index is 13.4. The molecule has 1 atom stereocenters. The molecular formula is C19H18FNO5. The van der Waals surface area contributed by atoms with Crippen LogP contribution in [0.3, 0.4) is 0 Å². The van der Waals surface area contributed by atoms with Gasteiger partial charge in [0.05, 0.1) is 13.2 Å². The van der Waals surface area contributed by atoms with Crippen LogP contribution in [0.2, 0.25) is 0 Å². The molecule has 0 saturated carbocycles. The van der Waals surface area contributed by atoms with Crippen molar-refractivity contribution in [1.29, 1.82) is 0 Å². The van der Waals surface area contributed by atoms with E-state index in [1.165, 1.54) is 37.3 Å². The second kappa shape index (κ2) is 7.43. The predicted octanol–water partition coefficient (Wildman–Crippen LogP) is 2.85. The molecule has 1 unspecified atom stereocenters. The Morgan fingerprint density at radius 2 is 1.85 bits per heavy atom. The maximum absolute atomic E-state index is 13.4. The molecule has 7 heteroatoms. The number of aryl methyl sites for hydroxylation is 1. The first-order valence-corrected chi connectivity index (χ1v) is 8.15. The van der Waals surface area contributed by atoms with E-state index in [9.17, 15) is 19.1 Å². The van der Waals surface area contributed by atoms with Crippen molar-refractivity contribution in [3.63, 3.8) is 0 Å². The van der Waals surface area contributed by atoms with Crippen LogP contribution in [0.5, 0.6) is 11.5 Å². The average Bonchev–Trinajstić information content (AvgIpc) is 2.86. The zero-order valence-corrected chi connectivity index (χ0v) is 14.1. The quantitative estimate of drug-likeness (QED) is 0.877. The summed E-state index contributed by atoms with van der Waals surface area (Å²) < 4.78 is 24.5. The molecular weight excluding hydrogens is 341 g/mol. The molecule has 1 aliphatic heterocycles. The van der Waals surface area contributed by atoms with Crippen LogP contribution in [0.25, 0.3) is 0 Å². The molecule has 3 rings (SSSR count). The Kier molecular flexibility index (Phi) is 5.06. The number of ether oxygens (including phenoxy) is 2. The van der Waals surface area contributed by atoms with Gasteiger partial charge < -0.3 is 19.9 Å². The van der Waals surface area contributed by atoms with Gasteiger partial charge in [-0.15, -0.1) is 0 Å². The van der Waals surface area contributed by atoms with Gasteiger partial charge in [-0.2, -0.15) is 0 Å². The Morgan fingerprint density at radius 3 is 2.54 bits per heavy atom. The second-order valence-corrected chi connectivity index (χ2v) is 5.97. The smallest absolute Gasteiger partial charge is 0.330 e. The zero-order chi connectivity index (χ0) is 18.7. The molecule has 6 nitrogen and oxygen atoms in total. The summed E-state index contributed by atoms with van der Waals surface area (Å²) in [7, 11) is 0. The predicted molar refractivity (Wildman–Crippen MR) is 91.0 cm³/mol. The van der Waals surface area contributed by atoms with E-state index in [2.05, 4.69) is 5.32 Å². The zero-order valence-electron chi connectivity index (χ0n) is 14.1. The fourth-order valence-electron chi connectivity index (χ4n) is 2.65. The number of benzene rings is 2. The Hall–Kier alpha value is -3.09. The Balaban J connectivity index is 1.83. The third-order valence-electron chi connectivity index (χ3n) is 4.05. The lowest BCUT2D eigenvalue weighted by atomic mass is 10.0. The van der Waals surface area contributed by atoms with Crippen molar-refractivity contribution in [2.45, 2.75) is 19.4 Å². The van der Waals surface area contributed by atoms with Crippen LogP contribution in [0.15, 0.2) is 36.4 Å². The Bertz CT molecular complexity index is 852. The highest BCUT2D eigenvalue weighted by Crippen LogP contribution is 2.30. The van der Waals surface area contributed by atoms with Crippen molar-refractivity contribution in [3.8, 4) is 11.5 Å². The summed E-state index contributed by atoms with van der Waals surface area (Å²) in [4.78, 5) is 24.1. The summed E-state index contributed by atoms with van der Waals surface area (Å²) >= 11 is 0. The van der Waals surface area contributed by atoms with Crippen molar-refractivity contribution >= 4 is 11.9 Å². The molecule has 0 radical (unpaired) electrons. The molecule has 0 saturated heterocycles. The lowest BCUT2D eigenvalue weighted by Crippen LogP contribution is -2.33. The molecule has 2 N–H and O–H groups in total. The minimum absolute atomic E-state index is 0.249. The first-order chi connectivity index (χ1) is 12.5. The number of carboxylic acids is 1. The number of carbonyl (C=O) groups is 2. The first-order valence-electron chi connectivity index (χ1n) is 8.15. The minimum atomic E-state index is -1.29. The van der Waals surface area contributed by atoms with Gasteiger partial charge in [0.25, 0.3) is 5.91 Å². The van der Waals surface area contributed by atoms with Crippen LogP contribution in [0.4, 0.5) is 4.39 Å². The second-order valence-electron chi connectivity index (χ2n) is 5.97. The van der Waals surface area contributed by atoms with Crippen molar-refractivity contribution in [1.82, 2.24) is 5.32 Å². The van der Waals surface area contributed by atoms with Crippen LogP contribution in [0, 0.1) is 12.7 Å². The molecule has 0 spiro atoms. The highest BCUT2D eigenvalue weighted by molar-refractivity contribution is 5.97. The van der Waals surface area contributed by atoms with E-state index < -0.39 is 23.7 Å². The first kappa shape index (κ1) is 17.7. The highest BCUT2D eigenvalue weighted by Gasteiger charge is 2.24. The van der Waals surface area contributed by atoms with E-state index in [-0.39, 0.29) is 5.56 Å². The summed E-state index contributed by atoms with van der Waals surface area (Å²) in [5, 5.41) is 11.9. The van der Waals surface area contributed by atoms with E-state index in [1.54, 1.807) is 6.07 Å². The number of aliphatic carboxylic acids is 1. The van der Waals surface area contributed by atoms with Gasteiger partial charge in [0.1, 0.15) is 5.82 Å². The molecule has 2 aromatic rings. The molecule has 0 aromatic heterocycles. The lowest BCUT2D eigenvalue weighted by Gasteiger charge is -2.16. The maximum Gasteiger partial charge on any atom is 0.330 e. The minimum Gasteiger partial charge on any atom is -0.490 e.